The molecule has 0 aliphatic rings. The van der Waals surface area contributed by atoms with Crippen LogP contribution in [0.1, 0.15) is 13.3 Å². The third kappa shape index (κ3) is 9.52. The van der Waals surface area contributed by atoms with Crippen LogP contribution >= 0.6 is 12.4 Å². The van der Waals surface area contributed by atoms with Crippen molar-refractivity contribution in [3.8, 4) is 0 Å². The number of nitrogens with zero attached hydrogens (tertiary/aromatic N) is 1. The number of carbonyl (C=O) groups excluding carboxylic acids is 1. The second kappa shape index (κ2) is 7.63. The Morgan fingerprint density at radius 1 is 1.55 bits per heavy atom. The van der Waals surface area contributed by atoms with Gasteiger partial charge in [0.25, 0.3) is 0 Å². The SMILES string of the molecule is CCCNC(=O)ON(C)C.Cl. The number of amides is 1. The van der Waals surface area contributed by atoms with E-state index in [1.54, 1.807) is 14.1 Å². The largest absolute Gasteiger partial charge is 0.426 e. The smallest absolute Gasteiger partial charge is 0.352 e. The Balaban J connectivity index is 0. The molecule has 0 heterocycles. The summed E-state index contributed by atoms with van der Waals surface area (Å²) in [5.41, 5.74) is 0. The lowest BCUT2D eigenvalue weighted by Gasteiger charge is -2.09. The van der Waals surface area contributed by atoms with Crippen LogP contribution in [0.5, 0.6) is 0 Å². The van der Waals surface area contributed by atoms with E-state index in [1.165, 1.54) is 5.06 Å². The predicted molar refractivity (Wildman–Crippen MR) is 45.7 cm³/mol. The van der Waals surface area contributed by atoms with Crippen molar-refractivity contribution in [3.05, 3.63) is 0 Å². The molecule has 0 unspecified atom stereocenters. The van der Waals surface area contributed by atoms with Crippen LogP contribution in [0.25, 0.3) is 0 Å². The summed E-state index contributed by atoms with van der Waals surface area (Å²) in [7, 11) is 3.32. The monoisotopic (exact) mass is 182 g/mol. The fourth-order valence-electron chi connectivity index (χ4n) is 0.425. The van der Waals surface area contributed by atoms with E-state index in [4.69, 9.17) is 0 Å². The molecule has 0 aromatic rings. The first-order valence-corrected chi connectivity index (χ1v) is 3.30. The molecule has 0 aliphatic carbocycles. The van der Waals surface area contributed by atoms with Gasteiger partial charge in [0, 0.05) is 20.6 Å². The zero-order valence-corrected chi connectivity index (χ0v) is 7.90. The number of hydrogen-bond acceptors (Lipinski definition) is 3. The first-order chi connectivity index (χ1) is 4.66. The van der Waals surface area contributed by atoms with Crippen molar-refractivity contribution in [2.24, 2.45) is 0 Å². The van der Waals surface area contributed by atoms with Gasteiger partial charge in [0.1, 0.15) is 0 Å². The highest BCUT2D eigenvalue weighted by atomic mass is 35.5. The Morgan fingerprint density at radius 3 is 2.45 bits per heavy atom. The van der Waals surface area contributed by atoms with Crippen LogP contribution in [0, 0.1) is 0 Å². The van der Waals surface area contributed by atoms with Gasteiger partial charge in [0.15, 0.2) is 0 Å². The van der Waals surface area contributed by atoms with E-state index in [-0.39, 0.29) is 12.4 Å². The highest BCUT2D eigenvalue weighted by Gasteiger charge is 1.99. The van der Waals surface area contributed by atoms with E-state index in [0.717, 1.165) is 6.42 Å². The van der Waals surface area contributed by atoms with Gasteiger partial charge in [-0.3, -0.25) is 0 Å². The van der Waals surface area contributed by atoms with E-state index >= 15 is 0 Å². The van der Waals surface area contributed by atoms with Gasteiger partial charge in [0.2, 0.25) is 0 Å². The quantitative estimate of drug-likeness (QED) is 0.663. The first kappa shape index (κ1) is 13.1. The maximum atomic E-state index is 10.6. The highest BCUT2D eigenvalue weighted by molar-refractivity contribution is 5.85. The molecule has 0 aromatic heterocycles. The Bertz CT molecular complexity index is 109. The van der Waals surface area contributed by atoms with Gasteiger partial charge in [-0.2, -0.15) is 0 Å². The number of nitrogens with one attached hydrogen (secondary N) is 1. The molecule has 68 valence electrons. The summed E-state index contributed by atoms with van der Waals surface area (Å²) in [5, 5.41) is 3.91. The lowest BCUT2D eigenvalue weighted by Crippen LogP contribution is -2.30. The van der Waals surface area contributed by atoms with Crippen LogP contribution in [0.4, 0.5) is 4.79 Å². The van der Waals surface area contributed by atoms with Crippen LogP contribution in [-0.4, -0.2) is 31.8 Å². The summed E-state index contributed by atoms with van der Waals surface area (Å²) < 4.78 is 0. The molecule has 4 nitrogen and oxygen atoms in total. The van der Waals surface area contributed by atoms with Crippen molar-refractivity contribution in [2.75, 3.05) is 20.6 Å². The van der Waals surface area contributed by atoms with Crippen molar-refractivity contribution in [2.45, 2.75) is 13.3 Å². The third-order valence-electron chi connectivity index (χ3n) is 0.785. The minimum absolute atomic E-state index is 0. The molecule has 0 aromatic carbocycles. The molecule has 0 fully saturated rings. The van der Waals surface area contributed by atoms with E-state index in [9.17, 15) is 4.79 Å². The van der Waals surface area contributed by atoms with Gasteiger partial charge >= 0.3 is 6.09 Å². The molecule has 0 spiro atoms. The molecule has 0 bridgehead atoms. The number of carbonyl (C=O) groups is 1. The number of rotatable bonds is 3. The predicted octanol–water partition coefficient (Wildman–Crippen LogP) is 1.02. The molecule has 1 N–H and O–H groups in total. The minimum atomic E-state index is -0.396. The van der Waals surface area contributed by atoms with Gasteiger partial charge in [-0.1, -0.05) is 6.92 Å². The molecule has 1 amide bonds. The summed E-state index contributed by atoms with van der Waals surface area (Å²) in [6.45, 7) is 2.64. The highest BCUT2D eigenvalue weighted by Crippen LogP contribution is 1.80. The van der Waals surface area contributed by atoms with Crippen LogP contribution in [0.2, 0.25) is 0 Å². The Labute approximate surface area is 73.3 Å². The number of halogens is 1. The Kier molecular flexibility index (Phi) is 9.10. The van der Waals surface area contributed by atoms with Gasteiger partial charge in [-0.15, -0.1) is 17.5 Å². The molecule has 0 saturated heterocycles. The number of hydroxylamine groups is 2. The second-order valence-corrected chi connectivity index (χ2v) is 2.12. The minimum Gasteiger partial charge on any atom is -0.352 e. The Morgan fingerprint density at radius 2 is 2.09 bits per heavy atom. The summed E-state index contributed by atoms with van der Waals surface area (Å²) in [5.74, 6) is 0. The first-order valence-electron chi connectivity index (χ1n) is 3.30. The molecule has 0 atom stereocenters. The topological polar surface area (TPSA) is 41.6 Å². The van der Waals surface area contributed by atoms with Crippen LogP contribution in [-0.2, 0) is 4.84 Å². The zero-order valence-electron chi connectivity index (χ0n) is 7.09. The van der Waals surface area contributed by atoms with Crippen molar-refractivity contribution < 1.29 is 9.63 Å². The lowest BCUT2D eigenvalue weighted by molar-refractivity contribution is -0.0547. The van der Waals surface area contributed by atoms with Crippen molar-refractivity contribution in [1.29, 1.82) is 0 Å². The van der Waals surface area contributed by atoms with E-state index in [1.807, 2.05) is 6.92 Å². The summed E-state index contributed by atoms with van der Waals surface area (Å²) in [6.07, 6.45) is 0.523. The normalized spacial score (nSPS) is 8.73. The molecular weight excluding hydrogens is 168 g/mol. The van der Waals surface area contributed by atoms with E-state index < -0.39 is 6.09 Å². The zero-order chi connectivity index (χ0) is 7.98. The van der Waals surface area contributed by atoms with E-state index in [0.29, 0.717) is 6.54 Å². The molecular formula is C6H15ClN2O2. The summed E-state index contributed by atoms with van der Waals surface area (Å²) in [4.78, 5) is 15.3. The van der Waals surface area contributed by atoms with Crippen LogP contribution in [0.3, 0.4) is 0 Å². The van der Waals surface area contributed by atoms with E-state index in [2.05, 4.69) is 10.2 Å². The number of hydrogen-bond donors (Lipinski definition) is 1. The van der Waals surface area contributed by atoms with Crippen molar-refractivity contribution in [1.82, 2.24) is 10.4 Å². The van der Waals surface area contributed by atoms with Gasteiger partial charge < -0.3 is 10.2 Å². The van der Waals surface area contributed by atoms with Crippen LogP contribution in [0.15, 0.2) is 0 Å². The fourth-order valence-corrected chi connectivity index (χ4v) is 0.425. The molecule has 11 heavy (non-hydrogen) atoms. The second-order valence-electron chi connectivity index (χ2n) is 2.12. The fraction of sp³-hybridized carbons (Fsp3) is 0.833. The Hall–Kier alpha value is -0.480. The molecule has 0 rings (SSSR count). The molecule has 0 aliphatic heterocycles. The van der Waals surface area contributed by atoms with Gasteiger partial charge in [0.05, 0.1) is 0 Å². The average Bonchev–Trinajstić information content (AvgIpc) is 1.82. The van der Waals surface area contributed by atoms with Gasteiger partial charge in [-0.25, -0.2) is 4.79 Å². The van der Waals surface area contributed by atoms with Crippen molar-refractivity contribution >= 4 is 18.5 Å². The summed E-state index contributed by atoms with van der Waals surface area (Å²) in [6, 6.07) is 0. The standard InChI is InChI=1S/C6H14N2O2.ClH/c1-4-5-7-6(9)10-8(2)3;/h4-5H2,1-3H3,(H,7,9);1H. The third-order valence-corrected chi connectivity index (χ3v) is 0.785. The van der Waals surface area contributed by atoms with Crippen molar-refractivity contribution in [3.63, 3.8) is 0 Å². The molecule has 0 saturated carbocycles. The van der Waals surface area contributed by atoms with Crippen LogP contribution < -0.4 is 5.32 Å². The maximum absolute atomic E-state index is 10.6. The molecule has 0 radical (unpaired) electrons. The maximum Gasteiger partial charge on any atom is 0.426 e. The molecule has 5 heteroatoms. The summed E-state index contributed by atoms with van der Waals surface area (Å²) >= 11 is 0. The van der Waals surface area contributed by atoms with Gasteiger partial charge in [-0.05, 0) is 6.42 Å². The average molecular weight is 183 g/mol. The lowest BCUT2D eigenvalue weighted by atomic mass is 10.5.